The Labute approximate surface area is 143 Å². The predicted octanol–water partition coefficient (Wildman–Crippen LogP) is 0.274. The molecule has 1 aromatic rings. The molecular formula is C15H18N4O4S. The number of carbonyl (C=O) groups is 4. The summed E-state index contributed by atoms with van der Waals surface area (Å²) >= 11 is 1.41. The number of urea groups is 1. The molecule has 0 spiro atoms. The fraction of sp³-hybridized carbons (Fsp3) is 0.467. The largest absolute Gasteiger partial charge is 0.335 e. The van der Waals surface area contributed by atoms with E-state index < -0.39 is 17.8 Å². The van der Waals surface area contributed by atoms with Crippen LogP contribution in [0, 0.1) is 0 Å². The molecule has 0 aliphatic carbocycles. The highest BCUT2D eigenvalue weighted by Crippen LogP contribution is 2.16. The number of carbonyl (C=O) groups excluding carboxylic acids is 4. The Hall–Kier alpha value is -2.26. The summed E-state index contributed by atoms with van der Waals surface area (Å²) in [6, 6.07) is 3.07. The smallest absolute Gasteiger partial charge is 0.335 e. The van der Waals surface area contributed by atoms with Gasteiger partial charge in [-0.15, -0.1) is 11.3 Å². The fourth-order valence-electron chi connectivity index (χ4n) is 2.80. The first-order valence-corrected chi connectivity index (χ1v) is 8.63. The third kappa shape index (κ3) is 2.92. The van der Waals surface area contributed by atoms with Gasteiger partial charge >= 0.3 is 17.8 Å². The van der Waals surface area contributed by atoms with Crippen molar-refractivity contribution in [3.05, 3.63) is 22.4 Å². The van der Waals surface area contributed by atoms with Gasteiger partial charge in [-0.3, -0.25) is 24.2 Å². The summed E-state index contributed by atoms with van der Waals surface area (Å²) in [7, 11) is 0. The van der Waals surface area contributed by atoms with Gasteiger partial charge in [-0.25, -0.2) is 9.69 Å². The molecule has 24 heavy (non-hydrogen) atoms. The van der Waals surface area contributed by atoms with E-state index in [0.29, 0.717) is 31.1 Å². The van der Waals surface area contributed by atoms with Crippen LogP contribution in [-0.2, 0) is 9.59 Å². The molecule has 9 heteroatoms. The van der Waals surface area contributed by atoms with E-state index >= 15 is 0 Å². The van der Waals surface area contributed by atoms with Crippen LogP contribution in [-0.4, -0.2) is 82.7 Å². The first kappa shape index (κ1) is 16.6. The Balaban J connectivity index is 1.56. The van der Waals surface area contributed by atoms with Crippen molar-refractivity contribution in [2.45, 2.75) is 6.92 Å². The van der Waals surface area contributed by atoms with E-state index in [9.17, 15) is 19.2 Å². The van der Waals surface area contributed by atoms with Gasteiger partial charge < -0.3 is 4.90 Å². The molecule has 1 aromatic heterocycles. The molecule has 5 amide bonds. The highest BCUT2D eigenvalue weighted by molar-refractivity contribution is 7.12. The summed E-state index contributed by atoms with van der Waals surface area (Å²) in [6.07, 6.45) is 0. The maximum atomic E-state index is 12.3. The van der Waals surface area contributed by atoms with E-state index in [1.165, 1.54) is 11.3 Å². The first-order chi connectivity index (χ1) is 11.5. The number of thiophene rings is 1. The van der Waals surface area contributed by atoms with Crippen molar-refractivity contribution in [2.24, 2.45) is 0 Å². The summed E-state index contributed by atoms with van der Waals surface area (Å²) in [4.78, 5) is 54.3. The summed E-state index contributed by atoms with van der Waals surface area (Å²) in [5.41, 5.74) is 0. The number of hydrogen-bond acceptors (Lipinski definition) is 6. The van der Waals surface area contributed by atoms with E-state index in [4.69, 9.17) is 0 Å². The summed E-state index contributed by atoms with van der Waals surface area (Å²) in [5, 5.41) is 1.87. The number of likely N-dealkylation sites (N-methyl/N-ethyl adjacent to an activating group) is 1. The maximum Gasteiger partial charge on any atom is 0.335 e. The lowest BCUT2D eigenvalue weighted by Crippen LogP contribution is -2.52. The molecular weight excluding hydrogens is 332 g/mol. The van der Waals surface area contributed by atoms with Crippen LogP contribution in [0.25, 0.3) is 0 Å². The van der Waals surface area contributed by atoms with Crippen molar-refractivity contribution in [3.63, 3.8) is 0 Å². The van der Waals surface area contributed by atoms with Crippen LogP contribution in [0.4, 0.5) is 4.79 Å². The Morgan fingerprint density at radius 2 is 1.75 bits per heavy atom. The van der Waals surface area contributed by atoms with Crippen LogP contribution in [0.15, 0.2) is 17.5 Å². The van der Waals surface area contributed by atoms with Gasteiger partial charge in [0.1, 0.15) is 0 Å². The number of piperazine rings is 1. The zero-order valence-corrected chi connectivity index (χ0v) is 14.1. The number of rotatable bonds is 4. The molecule has 128 valence electrons. The van der Waals surface area contributed by atoms with Crippen LogP contribution >= 0.6 is 11.3 Å². The van der Waals surface area contributed by atoms with Crippen molar-refractivity contribution >= 4 is 35.1 Å². The fourth-order valence-corrected chi connectivity index (χ4v) is 3.49. The van der Waals surface area contributed by atoms with Gasteiger partial charge in [0, 0.05) is 32.7 Å². The minimum atomic E-state index is -0.779. The molecule has 0 N–H and O–H groups in total. The number of amides is 5. The second-order valence-electron chi connectivity index (χ2n) is 5.59. The lowest BCUT2D eigenvalue weighted by molar-refractivity contribution is -0.144. The molecule has 0 saturated carbocycles. The minimum Gasteiger partial charge on any atom is -0.335 e. The molecule has 2 fully saturated rings. The summed E-state index contributed by atoms with van der Waals surface area (Å²) in [6.45, 7) is 4.07. The van der Waals surface area contributed by atoms with Gasteiger partial charge in [0.2, 0.25) is 0 Å². The molecule has 0 bridgehead atoms. The van der Waals surface area contributed by atoms with Crippen LogP contribution in [0.5, 0.6) is 0 Å². The quantitative estimate of drug-likeness (QED) is 0.575. The van der Waals surface area contributed by atoms with Crippen LogP contribution in [0.3, 0.4) is 0 Å². The van der Waals surface area contributed by atoms with Gasteiger partial charge in [0.05, 0.1) is 11.5 Å². The average Bonchev–Trinajstić information content (AvgIpc) is 3.19. The van der Waals surface area contributed by atoms with E-state index in [-0.39, 0.29) is 19.1 Å². The van der Waals surface area contributed by atoms with Crippen LogP contribution in [0.1, 0.15) is 16.6 Å². The zero-order valence-electron chi connectivity index (χ0n) is 13.3. The van der Waals surface area contributed by atoms with Gasteiger partial charge in [-0.05, 0) is 18.4 Å². The molecule has 0 aromatic carbocycles. The summed E-state index contributed by atoms with van der Waals surface area (Å²) < 4.78 is 0. The first-order valence-electron chi connectivity index (χ1n) is 7.75. The standard InChI is InChI=1S/C15H18N4O4S/c1-2-18-13(21)14(22)19(15(18)23)10-16-5-7-17(8-6-16)12(20)11-4-3-9-24-11/h3-4,9H,2,5-8,10H2,1H3. The normalized spacial score (nSPS) is 19.5. The lowest BCUT2D eigenvalue weighted by atomic mass is 10.3. The SMILES string of the molecule is CCN1C(=O)C(=O)N(CN2CCN(C(=O)c3cccs3)CC2)C1=O. The Kier molecular flexibility index (Phi) is 4.63. The highest BCUT2D eigenvalue weighted by atomic mass is 32.1. The van der Waals surface area contributed by atoms with Crippen molar-refractivity contribution in [3.8, 4) is 0 Å². The average molecular weight is 350 g/mol. The van der Waals surface area contributed by atoms with E-state index in [0.717, 1.165) is 9.80 Å². The second kappa shape index (κ2) is 6.70. The van der Waals surface area contributed by atoms with Crippen molar-refractivity contribution in [1.29, 1.82) is 0 Å². The topological polar surface area (TPSA) is 81.2 Å². The molecule has 2 saturated heterocycles. The molecule has 0 radical (unpaired) electrons. The second-order valence-corrected chi connectivity index (χ2v) is 6.54. The monoisotopic (exact) mass is 350 g/mol. The molecule has 3 heterocycles. The third-order valence-corrected chi connectivity index (χ3v) is 5.04. The molecule has 2 aliphatic heterocycles. The van der Waals surface area contributed by atoms with Crippen molar-refractivity contribution < 1.29 is 19.2 Å². The van der Waals surface area contributed by atoms with Crippen molar-refractivity contribution in [1.82, 2.24) is 19.6 Å². The van der Waals surface area contributed by atoms with Crippen LogP contribution < -0.4 is 0 Å². The third-order valence-electron chi connectivity index (χ3n) is 4.18. The zero-order chi connectivity index (χ0) is 17.3. The van der Waals surface area contributed by atoms with Gasteiger partial charge in [-0.1, -0.05) is 6.07 Å². The molecule has 2 aliphatic rings. The highest BCUT2D eigenvalue weighted by Gasteiger charge is 2.44. The minimum absolute atomic E-state index is 0.00492. The van der Waals surface area contributed by atoms with E-state index in [1.807, 2.05) is 16.3 Å². The van der Waals surface area contributed by atoms with E-state index in [1.54, 1.807) is 17.9 Å². The number of nitrogens with zero attached hydrogens (tertiary/aromatic N) is 4. The number of hydrogen-bond donors (Lipinski definition) is 0. The Bertz CT molecular complexity index is 667. The Morgan fingerprint density at radius 3 is 2.29 bits per heavy atom. The molecule has 8 nitrogen and oxygen atoms in total. The van der Waals surface area contributed by atoms with Crippen molar-refractivity contribution in [2.75, 3.05) is 39.4 Å². The van der Waals surface area contributed by atoms with Gasteiger partial charge in [0.25, 0.3) is 5.91 Å². The number of imide groups is 2. The molecule has 0 atom stereocenters. The lowest BCUT2D eigenvalue weighted by Gasteiger charge is -2.35. The molecule has 3 rings (SSSR count). The molecule has 0 unspecified atom stereocenters. The Morgan fingerprint density at radius 1 is 1.08 bits per heavy atom. The maximum absolute atomic E-state index is 12.3. The van der Waals surface area contributed by atoms with Crippen LogP contribution in [0.2, 0.25) is 0 Å². The van der Waals surface area contributed by atoms with Gasteiger partial charge in [-0.2, -0.15) is 0 Å². The van der Waals surface area contributed by atoms with E-state index in [2.05, 4.69) is 0 Å². The predicted molar refractivity (Wildman–Crippen MR) is 86.3 cm³/mol. The summed E-state index contributed by atoms with van der Waals surface area (Å²) in [5.74, 6) is -1.54. The van der Waals surface area contributed by atoms with Gasteiger partial charge in [0.15, 0.2) is 0 Å².